The van der Waals surface area contributed by atoms with Gasteiger partial charge >= 0.3 is 0 Å². The van der Waals surface area contributed by atoms with Crippen LogP contribution in [0, 0.1) is 6.92 Å². The number of hydrogen-bond acceptors (Lipinski definition) is 5. The van der Waals surface area contributed by atoms with Gasteiger partial charge in [-0.05, 0) is 31.0 Å². The van der Waals surface area contributed by atoms with Crippen molar-refractivity contribution >= 4 is 15.5 Å². The molecule has 6 heteroatoms. The number of nitrogens with two attached hydrogens (primary N) is 1. The number of sulfone groups is 1. The average Bonchev–Trinajstić information content (AvgIpc) is 2.36. The number of hydrogen-bond donors (Lipinski definition) is 1. The van der Waals surface area contributed by atoms with E-state index in [0.29, 0.717) is 24.5 Å². The van der Waals surface area contributed by atoms with Crippen molar-refractivity contribution in [3.8, 4) is 0 Å². The van der Waals surface area contributed by atoms with Crippen molar-refractivity contribution in [3.63, 3.8) is 0 Å². The Morgan fingerprint density at radius 2 is 1.95 bits per heavy atom. The molecule has 0 aromatic heterocycles. The first kappa shape index (κ1) is 15.9. The summed E-state index contributed by atoms with van der Waals surface area (Å²) < 4.78 is 34.4. The van der Waals surface area contributed by atoms with Crippen LogP contribution in [0.25, 0.3) is 0 Å². The molecule has 0 amide bonds. The van der Waals surface area contributed by atoms with Gasteiger partial charge in [-0.15, -0.1) is 0 Å². The Morgan fingerprint density at radius 1 is 1.21 bits per heavy atom. The van der Waals surface area contributed by atoms with Gasteiger partial charge in [-0.2, -0.15) is 0 Å². The number of nitrogen functional groups attached to an aromatic ring is 1. The Hall–Kier alpha value is -1.11. The quantitative estimate of drug-likeness (QED) is 0.577. The van der Waals surface area contributed by atoms with E-state index >= 15 is 0 Å². The van der Waals surface area contributed by atoms with Crippen LogP contribution in [-0.4, -0.2) is 41.1 Å². The first-order valence-electron chi connectivity index (χ1n) is 6.13. The minimum absolute atomic E-state index is 0.0374. The average molecular weight is 287 g/mol. The summed E-state index contributed by atoms with van der Waals surface area (Å²) in [7, 11) is -1.72. The summed E-state index contributed by atoms with van der Waals surface area (Å²) in [6.07, 6.45) is 0.758. The summed E-state index contributed by atoms with van der Waals surface area (Å²) in [6.45, 7) is 3.00. The fourth-order valence-electron chi connectivity index (χ4n) is 1.65. The van der Waals surface area contributed by atoms with E-state index in [0.717, 1.165) is 6.42 Å². The molecular weight excluding hydrogens is 266 g/mol. The lowest BCUT2D eigenvalue weighted by atomic mass is 10.2. The molecule has 0 bridgehead atoms. The van der Waals surface area contributed by atoms with Crippen molar-refractivity contribution in [2.45, 2.75) is 18.2 Å². The predicted octanol–water partition coefficient (Wildman–Crippen LogP) is 1.40. The van der Waals surface area contributed by atoms with Gasteiger partial charge in [-0.25, -0.2) is 8.42 Å². The second kappa shape index (κ2) is 7.47. The maximum Gasteiger partial charge on any atom is 0.180 e. The van der Waals surface area contributed by atoms with Gasteiger partial charge in [0, 0.05) is 26.0 Å². The van der Waals surface area contributed by atoms with Crippen molar-refractivity contribution in [1.29, 1.82) is 0 Å². The van der Waals surface area contributed by atoms with Crippen molar-refractivity contribution in [2.75, 3.05) is 38.4 Å². The van der Waals surface area contributed by atoms with Gasteiger partial charge in [-0.1, -0.05) is 6.07 Å². The highest BCUT2D eigenvalue weighted by Crippen LogP contribution is 2.21. The lowest BCUT2D eigenvalue weighted by molar-refractivity contribution is 0.112. The Morgan fingerprint density at radius 3 is 2.63 bits per heavy atom. The summed E-state index contributed by atoms with van der Waals surface area (Å²) in [6, 6.07) is 4.91. The van der Waals surface area contributed by atoms with Crippen LogP contribution in [0.1, 0.15) is 12.0 Å². The first-order chi connectivity index (χ1) is 8.99. The van der Waals surface area contributed by atoms with E-state index in [4.69, 9.17) is 15.2 Å². The Kier molecular flexibility index (Phi) is 6.27. The van der Waals surface area contributed by atoms with Gasteiger partial charge in [0.05, 0.1) is 17.3 Å². The van der Waals surface area contributed by atoms with Gasteiger partial charge < -0.3 is 15.2 Å². The van der Waals surface area contributed by atoms with Crippen LogP contribution in [0.4, 0.5) is 5.69 Å². The Bertz CT molecular complexity index is 499. The van der Waals surface area contributed by atoms with Gasteiger partial charge in [-0.3, -0.25) is 0 Å². The maximum absolute atomic E-state index is 12.1. The highest BCUT2D eigenvalue weighted by Gasteiger charge is 2.17. The van der Waals surface area contributed by atoms with E-state index in [-0.39, 0.29) is 17.3 Å². The molecule has 5 nitrogen and oxygen atoms in total. The summed E-state index contributed by atoms with van der Waals surface area (Å²) in [5, 5.41) is 0. The summed E-state index contributed by atoms with van der Waals surface area (Å²) in [5.41, 5.74) is 6.80. The molecule has 19 heavy (non-hydrogen) atoms. The van der Waals surface area contributed by atoms with Gasteiger partial charge in [0.1, 0.15) is 0 Å². The third kappa shape index (κ3) is 4.81. The molecule has 0 saturated carbocycles. The van der Waals surface area contributed by atoms with E-state index in [1.807, 2.05) is 0 Å². The number of rotatable bonds is 8. The fraction of sp³-hybridized carbons (Fsp3) is 0.538. The molecule has 1 aromatic carbocycles. The van der Waals surface area contributed by atoms with Crippen LogP contribution < -0.4 is 5.73 Å². The lowest BCUT2D eigenvalue weighted by Crippen LogP contribution is -2.15. The summed E-state index contributed by atoms with van der Waals surface area (Å²) in [4.78, 5) is 0.285. The van der Waals surface area contributed by atoms with E-state index in [1.54, 1.807) is 32.2 Å². The Labute approximate surface area is 114 Å². The van der Waals surface area contributed by atoms with Gasteiger partial charge in [0.15, 0.2) is 9.84 Å². The largest absolute Gasteiger partial charge is 0.398 e. The zero-order valence-electron chi connectivity index (χ0n) is 11.4. The second-order valence-electron chi connectivity index (χ2n) is 4.25. The molecular formula is C13H21NO4S. The smallest absolute Gasteiger partial charge is 0.180 e. The molecule has 0 heterocycles. The van der Waals surface area contributed by atoms with Crippen LogP contribution >= 0.6 is 0 Å². The van der Waals surface area contributed by atoms with E-state index in [2.05, 4.69) is 0 Å². The van der Waals surface area contributed by atoms with Crippen molar-refractivity contribution in [2.24, 2.45) is 0 Å². The molecule has 0 aliphatic carbocycles. The fourth-order valence-corrected chi connectivity index (χ4v) is 3.08. The van der Waals surface area contributed by atoms with Crippen molar-refractivity contribution < 1.29 is 17.9 Å². The van der Waals surface area contributed by atoms with Crippen molar-refractivity contribution in [1.82, 2.24) is 0 Å². The van der Waals surface area contributed by atoms with E-state index in [9.17, 15) is 8.42 Å². The maximum atomic E-state index is 12.1. The number of methoxy groups -OCH3 is 1. The summed E-state index contributed by atoms with van der Waals surface area (Å²) >= 11 is 0. The monoisotopic (exact) mass is 287 g/mol. The SMILES string of the molecule is COCCCOCCS(=O)(=O)c1cccc(N)c1C. The molecule has 2 N–H and O–H groups in total. The van der Waals surface area contributed by atoms with Crippen LogP contribution in [0.2, 0.25) is 0 Å². The zero-order chi connectivity index (χ0) is 14.3. The zero-order valence-corrected chi connectivity index (χ0v) is 12.2. The highest BCUT2D eigenvalue weighted by atomic mass is 32.2. The number of benzene rings is 1. The number of anilines is 1. The van der Waals surface area contributed by atoms with Gasteiger partial charge in [0.2, 0.25) is 0 Å². The molecule has 0 spiro atoms. The lowest BCUT2D eigenvalue weighted by Gasteiger charge is -2.10. The van der Waals surface area contributed by atoms with Crippen LogP contribution in [0.5, 0.6) is 0 Å². The normalized spacial score (nSPS) is 11.7. The summed E-state index contributed by atoms with van der Waals surface area (Å²) in [5.74, 6) is -0.0374. The molecule has 0 fully saturated rings. The third-order valence-electron chi connectivity index (χ3n) is 2.79. The van der Waals surface area contributed by atoms with Crippen LogP contribution in [0.15, 0.2) is 23.1 Å². The molecule has 108 valence electrons. The van der Waals surface area contributed by atoms with Crippen LogP contribution in [0.3, 0.4) is 0 Å². The molecule has 1 aromatic rings. The second-order valence-corrected chi connectivity index (χ2v) is 6.33. The topological polar surface area (TPSA) is 78.6 Å². The minimum Gasteiger partial charge on any atom is -0.398 e. The molecule has 0 aliphatic heterocycles. The van der Waals surface area contributed by atoms with E-state index in [1.165, 1.54) is 0 Å². The van der Waals surface area contributed by atoms with Crippen molar-refractivity contribution in [3.05, 3.63) is 23.8 Å². The van der Waals surface area contributed by atoms with E-state index < -0.39 is 9.84 Å². The minimum atomic E-state index is -3.34. The van der Waals surface area contributed by atoms with Gasteiger partial charge in [0.25, 0.3) is 0 Å². The molecule has 0 aliphatic rings. The molecule has 0 saturated heterocycles. The molecule has 0 unspecified atom stereocenters. The highest BCUT2D eigenvalue weighted by molar-refractivity contribution is 7.91. The molecule has 0 radical (unpaired) electrons. The molecule has 0 atom stereocenters. The third-order valence-corrected chi connectivity index (χ3v) is 4.61. The Balaban J connectivity index is 2.54. The molecule has 1 rings (SSSR count). The van der Waals surface area contributed by atoms with Crippen LogP contribution in [-0.2, 0) is 19.3 Å². The first-order valence-corrected chi connectivity index (χ1v) is 7.79. The standard InChI is InChI=1S/C13H21NO4S/c1-11-12(14)5-3-6-13(11)19(15,16)10-9-18-8-4-7-17-2/h3,5-6H,4,7-10,14H2,1-2H3. The predicted molar refractivity (Wildman–Crippen MR) is 75.0 cm³/mol. The number of ether oxygens (including phenoxy) is 2.